The van der Waals surface area contributed by atoms with Crippen molar-refractivity contribution in [1.82, 2.24) is 15.2 Å². The van der Waals surface area contributed by atoms with Crippen LogP contribution in [-0.4, -0.2) is 21.4 Å². The van der Waals surface area contributed by atoms with Gasteiger partial charge < -0.3 is 10.2 Å². The Morgan fingerprint density at radius 1 is 1.33 bits per heavy atom. The number of anilines is 1. The summed E-state index contributed by atoms with van der Waals surface area (Å²) in [5.41, 5.74) is 7.16. The van der Waals surface area contributed by atoms with E-state index in [2.05, 4.69) is 15.2 Å². The molecule has 15 heavy (non-hydrogen) atoms. The maximum Gasteiger partial charge on any atom is 0.276 e. The minimum atomic E-state index is 0.476. The number of hydrogen-bond donors (Lipinski definition) is 1. The Morgan fingerprint density at radius 3 is 2.73 bits per heavy atom. The zero-order valence-electron chi connectivity index (χ0n) is 8.39. The van der Waals surface area contributed by atoms with Crippen LogP contribution in [0.5, 0.6) is 0 Å². The molecular formula is C9H10N4OS. The molecule has 0 aliphatic rings. The molecule has 0 amide bonds. The Bertz CT molecular complexity index is 483. The molecule has 0 saturated carbocycles. The second-order valence-electron chi connectivity index (χ2n) is 2.95. The van der Waals surface area contributed by atoms with Crippen LogP contribution in [0.15, 0.2) is 21.8 Å². The molecule has 2 N–H and O–H groups in total. The lowest BCUT2D eigenvalue weighted by atomic mass is 10.2. The highest BCUT2D eigenvalue weighted by Gasteiger charge is 2.10. The van der Waals surface area contributed by atoms with Gasteiger partial charge in [-0.1, -0.05) is 11.8 Å². The van der Waals surface area contributed by atoms with E-state index < -0.39 is 0 Å². The molecule has 6 heteroatoms. The van der Waals surface area contributed by atoms with Gasteiger partial charge in [0.2, 0.25) is 0 Å². The largest absolute Gasteiger partial charge is 0.411 e. The first kappa shape index (κ1) is 9.97. The summed E-state index contributed by atoms with van der Waals surface area (Å²) >= 11 is 1.41. The highest BCUT2D eigenvalue weighted by atomic mass is 32.2. The molecule has 0 aliphatic carbocycles. The van der Waals surface area contributed by atoms with Crippen molar-refractivity contribution in [3.05, 3.63) is 17.8 Å². The van der Waals surface area contributed by atoms with Gasteiger partial charge in [-0.15, -0.1) is 10.2 Å². The van der Waals surface area contributed by atoms with Crippen molar-refractivity contribution in [2.24, 2.45) is 0 Å². The Morgan fingerprint density at radius 2 is 2.13 bits per heavy atom. The van der Waals surface area contributed by atoms with Crippen molar-refractivity contribution in [2.75, 3.05) is 12.0 Å². The standard InChI is InChI=1S/C9H10N4OS/c1-5-6(3-4-7(10)11-5)8-12-13-9(14-8)15-2/h3-4H,1-2H3,(H2,10,11). The van der Waals surface area contributed by atoms with Crippen LogP contribution in [-0.2, 0) is 0 Å². The van der Waals surface area contributed by atoms with Crippen LogP contribution in [0.3, 0.4) is 0 Å². The summed E-state index contributed by atoms with van der Waals surface area (Å²) in [4.78, 5) is 4.13. The summed E-state index contributed by atoms with van der Waals surface area (Å²) in [6.07, 6.45) is 1.88. The lowest BCUT2D eigenvalue weighted by Gasteiger charge is -2.00. The maximum atomic E-state index is 5.56. The molecule has 78 valence electrons. The highest BCUT2D eigenvalue weighted by molar-refractivity contribution is 7.98. The Labute approximate surface area is 91.1 Å². The van der Waals surface area contributed by atoms with Gasteiger partial charge in [0.25, 0.3) is 11.1 Å². The number of pyridine rings is 1. The third kappa shape index (κ3) is 1.94. The number of rotatable bonds is 2. The summed E-state index contributed by atoms with van der Waals surface area (Å²) in [6.45, 7) is 1.86. The van der Waals surface area contributed by atoms with Crippen molar-refractivity contribution >= 4 is 17.6 Å². The SMILES string of the molecule is CSc1nnc(-c2ccc(N)nc2C)o1. The van der Waals surface area contributed by atoms with Crippen LogP contribution in [0, 0.1) is 6.92 Å². The van der Waals surface area contributed by atoms with Gasteiger partial charge in [-0.3, -0.25) is 0 Å². The van der Waals surface area contributed by atoms with Crippen molar-refractivity contribution in [3.8, 4) is 11.5 Å². The first-order valence-electron chi connectivity index (χ1n) is 4.31. The van der Waals surface area contributed by atoms with E-state index in [4.69, 9.17) is 10.2 Å². The van der Waals surface area contributed by atoms with E-state index in [1.165, 1.54) is 11.8 Å². The van der Waals surface area contributed by atoms with Crippen LogP contribution in [0.25, 0.3) is 11.5 Å². The van der Waals surface area contributed by atoms with E-state index in [1.54, 1.807) is 6.07 Å². The van der Waals surface area contributed by atoms with Crippen LogP contribution in [0.1, 0.15) is 5.69 Å². The zero-order valence-corrected chi connectivity index (χ0v) is 9.21. The third-order valence-corrected chi connectivity index (χ3v) is 2.43. The Balaban J connectivity index is 2.44. The fraction of sp³-hybridized carbons (Fsp3) is 0.222. The van der Waals surface area contributed by atoms with Crippen molar-refractivity contribution in [1.29, 1.82) is 0 Å². The zero-order chi connectivity index (χ0) is 10.8. The number of aryl methyl sites for hydroxylation is 1. The molecule has 2 aromatic heterocycles. The number of nitrogens with two attached hydrogens (primary N) is 1. The molecule has 0 bridgehead atoms. The first-order valence-corrected chi connectivity index (χ1v) is 5.54. The summed E-state index contributed by atoms with van der Waals surface area (Å²) < 4.78 is 5.40. The fourth-order valence-electron chi connectivity index (χ4n) is 1.21. The lowest BCUT2D eigenvalue weighted by molar-refractivity contribution is 0.466. The number of hydrogen-bond acceptors (Lipinski definition) is 6. The molecule has 5 nitrogen and oxygen atoms in total. The van der Waals surface area contributed by atoms with E-state index in [-0.39, 0.29) is 0 Å². The van der Waals surface area contributed by atoms with E-state index in [0.717, 1.165) is 11.3 Å². The second kappa shape index (κ2) is 3.90. The molecule has 0 aliphatic heterocycles. The Hall–Kier alpha value is -1.56. The molecule has 0 spiro atoms. The summed E-state index contributed by atoms with van der Waals surface area (Å²) in [7, 11) is 0. The molecule has 2 heterocycles. The molecule has 0 atom stereocenters. The molecule has 2 aromatic rings. The lowest BCUT2D eigenvalue weighted by Crippen LogP contribution is -1.94. The number of nitrogen functional groups attached to an aromatic ring is 1. The van der Waals surface area contributed by atoms with Crippen LogP contribution < -0.4 is 5.73 Å². The third-order valence-electron chi connectivity index (χ3n) is 1.92. The average Bonchev–Trinajstić information content (AvgIpc) is 2.66. The summed E-state index contributed by atoms with van der Waals surface area (Å²) in [5, 5.41) is 8.33. The minimum Gasteiger partial charge on any atom is -0.411 e. The van der Waals surface area contributed by atoms with E-state index in [0.29, 0.717) is 16.9 Å². The van der Waals surface area contributed by atoms with Gasteiger partial charge in [0.15, 0.2) is 0 Å². The van der Waals surface area contributed by atoms with Crippen molar-refractivity contribution in [3.63, 3.8) is 0 Å². The molecule has 0 unspecified atom stereocenters. The van der Waals surface area contributed by atoms with Gasteiger partial charge in [-0.25, -0.2) is 4.98 Å². The van der Waals surface area contributed by atoms with Crippen LogP contribution >= 0.6 is 11.8 Å². The summed E-state index contributed by atoms with van der Waals surface area (Å²) in [6, 6.07) is 3.54. The van der Waals surface area contributed by atoms with Gasteiger partial charge in [0.05, 0.1) is 11.3 Å². The molecule has 0 radical (unpaired) electrons. The molecule has 2 rings (SSSR count). The molecule has 0 saturated heterocycles. The van der Waals surface area contributed by atoms with Crippen LogP contribution in [0.2, 0.25) is 0 Å². The number of nitrogens with zero attached hydrogens (tertiary/aromatic N) is 3. The first-order chi connectivity index (χ1) is 7.20. The van der Waals surface area contributed by atoms with E-state index in [1.807, 2.05) is 19.2 Å². The summed E-state index contributed by atoms with van der Waals surface area (Å²) in [5.74, 6) is 0.963. The van der Waals surface area contributed by atoms with Crippen molar-refractivity contribution < 1.29 is 4.42 Å². The molecule has 0 aromatic carbocycles. The molecule has 0 fully saturated rings. The van der Waals surface area contributed by atoms with Crippen LogP contribution in [0.4, 0.5) is 5.82 Å². The number of thioether (sulfide) groups is 1. The smallest absolute Gasteiger partial charge is 0.276 e. The second-order valence-corrected chi connectivity index (χ2v) is 3.70. The van der Waals surface area contributed by atoms with Gasteiger partial charge in [-0.2, -0.15) is 0 Å². The predicted octanol–water partition coefficient (Wildman–Crippen LogP) is 1.74. The normalized spacial score (nSPS) is 10.5. The topological polar surface area (TPSA) is 77.8 Å². The monoisotopic (exact) mass is 222 g/mol. The van der Waals surface area contributed by atoms with Gasteiger partial charge in [0.1, 0.15) is 5.82 Å². The fourth-order valence-corrected chi connectivity index (χ4v) is 1.49. The average molecular weight is 222 g/mol. The highest BCUT2D eigenvalue weighted by Crippen LogP contribution is 2.24. The van der Waals surface area contributed by atoms with Gasteiger partial charge in [0, 0.05) is 0 Å². The van der Waals surface area contributed by atoms with Gasteiger partial charge in [-0.05, 0) is 25.3 Å². The van der Waals surface area contributed by atoms with Gasteiger partial charge >= 0.3 is 0 Å². The quantitative estimate of drug-likeness (QED) is 0.780. The predicted molar refractivity (Wildman–Crippen MR) is 58.5 cm³/mol. The Kier molecular flexibility index (Phi) is 2.59. The number of aromatic nitrogens is 3. The molecular weight excluding hydrogens is 212 g/mol. The maximum absolute atomic E-state index is 5.56. The van der Waals surface area contributed by atoms with E-state index in [9.17, 15) is 0 Å². The minimum absolute atomic E-state index is 0.476. The van der Waals surface area contributed by atoms with Crippen molar-refractivity contribution in [2.45, 2.75) is 12.1 Å². The van der Waals surface area contributed by atoms with E-state index >= 15 is 0 Å².